The zero-order chi connectivity index (χ0) is 18.5. The third kappa shape index (κ3) is 4.89. The number of nitrogens with one attached hydrogen (secondary N) is 2. The maximum atomic E-state index is 13.0. The Kier molecular flexibility index (Phi) is 6.00. The van der Waals surface area contributed by atoms with Crippen LogP contribution in [0.5, 0.6) is 0 Å². The fraction of sp³-hybridized carbons (Fsp3) is 0.235. The number of aryl methyl sites for hydroxylation is 1. The molecule has 0 aliphatic rings. The zero-order valence-corrected chi connectivity index (χ0v) is 16.5. The maximum Gasteiger partial charge on any atom is 0.172 e. The SMILES string of the molecule is CCn1cc(CNC(=S)Nc2nn(Cc3ccc(F)cc3)cc2Br)cn1. The Morgan fingerprint density at radius 2 is 1.96 bits per heavy atom. The Morgan fingerprint density at radius 3 is 2.65 bits per heavy atom. The number of halogens is 2. The van der Waals surface area contributed by atoms with E-state index in [0.29, 0.717) is 24.0 Å². The van der Waals surface area contributed by atoms with Crippen LogP contribution in [0.4, 0.5) is 10.2 Å². The normalized spacial score (nSPS) is 10.7. The Bertz CT molecular complexity index is 889. The molecule has 3 aromatic rings. The number of hydrogen-bond acceptors (Lipinski definition) is 3. The first-order valence-corrected chi connectivity index (χ1v) is 9.27. The van der Waals surface area contributed by atoms with Crippen LogP contribution >= 0.6 is 28.1 Å². The summed E-state index contributed by atoms with van der Waals surface area (Å²) in [5, 5.41) is 15.4. The van der Waals surface area contributed by atoms with Crippen LogP contribution in [-0.4, -0.2) is 24.7 Å². The van der Waals surface area contributed by atoms with Crippen molar-refractivity contribution in [2.45, 2.75) is 26.6 Å². The van der Waals surface area contributed by atoms with Crippen molar-refractivity contribution in [3.05, 3.63) is 64.3 Å². The maximum absolute atomic E-state index is 13.0. The summed E-state index contributed by atoms with van der Waals surface area (Å²) in [5.74, 6) is 0.368. The number of nitrogens with zero attached hydrogens (tertiary/aromatic N) is 4. The molecule has 0 radical (unpaired) electrons. The van der Waals surface area contributed by atoms with Crippen molar-refractivity contribution in [3.63, 3.8) is 0 Å². The van der Waals surface area contributed by atoms with Crippen molar-refractivity contribution in [1.82, 2.24) is 24.9 Å². The van der Waals surface area contributed by atoms with Crippen molar-refractivity contribution in [2.75, 3.05) is 5.32 Å². The van der Waals surface area contributed by atoms with Crippen molar-refractivity contribution in [2.24, 2.45) is 0 Å². The topological polar surface area (TPSA) is 59.7 Å². The Balaban J connectivity index is 1.56. The van der Waals surface area contributed by atoms with Crippen LogP contribution in [0.3, 0.4) is 0 Å². The lowest BCUT2D eigenvalue weighted by Crippen LogP contribution is -2.28. The lowest BCUT2D eigenvalue weighted by molar-refractivity contribution is 0.624. The standard InChI is InChI=1S/C17H18BrFN6S/c1-2-24-10-13(8-21-24)7-20-17(26)22-16-15(18)11-25(23-16)9-12-3-5-14(19)6-4-12/h3-6,8,10-11H,2,7,9H2,1H3,(H2,20,22,23,26). The van der Waals surface area contributed by atoms with Gasteiger partial charge in [-0.15, -0.1) is 0 Å². The molecule has 9 heteroatoms. The fourth-order valence-corrected chi connectivity index (χ4v) is 2.93. The Morgan fingerprint density at radius 1 is 1.19 bits per heavy atom. The van der Waals surface area contributed by atoms with Gasteiger partial charge in [0, 0.05) is 31.0 Å². The molecule has 0 bridgehead atoms. The number of rotatable bonds is 6. The lowest BCUT2D eigenvalue weighted by Gasteiger charge is -2.08. The van der Waals surface area contributed by atoms with Gasteiger partial charge in [0.25, 0.3) is 0 Å². The second-order valence-corrected chi connectivity index (χ2v) is 6.92. The highest BCUT2D eigenvalue weighted by Gasteiger charge is 2.09. The predicted octanol–water partition coefficient (Wildman–Crippen LogP) is 3.54. The number of aromatic nitrogens is 4. The number of hydrogen-bond donors (Lipinski definition) is 2. The molecule has 0 fully saturated rings. The van der Waals surface area contributed by atoms with Gasteiger partial charge in [-0.05, 0) is 52.8 Å². The molecule has 0 amide bonds. The van der Waals surface area contributed by atoms with Gasteiger partial charge in [0.05, 0.1) is 17.2 Å². The highest BCUT2D eigenvalue weighted by molar-refractivity contribution is 9.10. The van der Waals surface area contributed by atoms with Crippen molar-refractivity contribution < 1.29 is 4.39 Å². The van der Waals surface area contributed by atoms with E-state index >= 15 is 0 Å². The lowest BCUT2D eigenvalue weighted by atomic mass is 10.2. The smallest absolute Gasteiger partial charge is 0.172 e. The molecule has 0 saturated carbocycles. The summed E-state index contributed by atoms with van der Waals surface area (Å²) in [6.07, 6.45) is 5.63. The average molecular weight is 437 g/mol. The number of thiocarbonyl (C=S) groups is 1. The van der Waals surface area contributed by atoms with Crippen LogP contribution < -0.4 is 10.6 Å². The van der Waals surface area contributed by atoms with E-state index in [1.54, 1.807) is 16.8 Å². The molecule has 0 spiro atoms. The summed E-state index contributed by atoms with van der Waals surface area (Å²) in [6, 6.07) is 6.35. The van der Waals surface area contributed by atoms with Gasteiger partial charge >= 0.3 is 0 Å². The van der Waals surface area contributed by atoms with Crippen molar-refractivity contribution >= 4 is 39.1 Å². The molecular weight excluding hydrogens is 419 g/mol. The van der Waals surface area contributed by atoms with E-state index in [1.807, 2.05) is 30.2 Å². The molecule has 0 atom stereocenters. The van der Waals surface area contributed by atoms with E-state index in [9.17, 15) is 4.39 Å². The minimum Gasteiger partial charge on any atom is -0.358 e. The molecule has 0 saturated heterocycles. The minimum absolute atomic E-state index is 0.251. The van der Waals surface area contributed by atoms with Gasteiger partial charge in [-0.2, -0.15) is 10.2 Å². The average Bonchev–Trinajstić information content (AvgIpc) is 3.22. The summed E-state index contributed by atoms with van der Waals surface area (Å²) >= 11 is 8.79. The molecule has 2 heterocycles. The molecule has 0 aliphatic carbocycles. The van der Waals surface area contributed by atoms with E-state index < -0.39 is 0 Å². The van der Waals surface area contributed by atoms with Crippen LogP contribution in [0.2, 0.25) is 0 Å². The Hall–Kier alpha value is -2.26. The molecule has 0 unspecified atom stereocenters. The van der Waals surface area contributed by atoms with Gasteiger partial charge in [-0.3, -0.25) is 9.36 Å². The first-order chi connectivity index (χ1) is 12.5. The van der Waals surface area contributed by atoms with Gasteiger partial charge in [0.2, 0.25) is 0 Å². The number of anilines is 1. The second-order valence-electron chi connectivity index (χ2n) is 5.66. The zero-order valence-electron chi connectivity index (χ0n) is 14.1. The number of benzene rings is 1. The highest BCUT2D eigenvalue weighted by Crippen LogP contribution is 2.20. The highest BCUT2D eigenvalue weighted by atomic mass is 79.9. The van der Waals surface area contributed by atoms with Crippen LogP contribution in [0.15, 0.2) is 47.3 Å². The van der Waals surface area contributed by atoms with E-state index in [1.165, 1.54) is 12.1 Å². The van der Waals surface area contributed by atoms with Crippen LogP contribution in [-0.2, 0) is 19.6 Å². The third-order valence-electron chi connectivity index (χ3n) is 3.67. The monoisotopic (exact) mass is 436 g/mol. The quantitative estimate of drug-likeness (QED) is 0.578. The summed E-state index contributed by atoms with van der Waals surface area (Å²) in [7, 11) is 0. The molecule has 26 heavy (non-hydrogen) atoms. The van der Waals surface area contributed by atoms with E-state index in [2.05, 4.69) is 36.8 Å². The van der Waals surface area contributed by atoms with Crippen LogP contribution in [0.1, 0.15) is 18.1 Å². The molecule has 136 valence electrons. The molecule has 1 aromatic carbocycles. The molecule has 3 rings (SSSR count). The predicted molar refractivity (Wildman–Crippen MR) is 106 cm³/mol. The van der Waals surface area contributed by atoms with E-state index in [0.717, 1.165) is 22.1 Å². The molecule has 6 nitrogen and oxygen atoms in total. The van der Waals surface area contributed by atoms with Gasteiger partial charge in [-0.25, -0.2) is 4.39 Å². The first kappa shape index (κ1) is 18.5. The Labute approximate surface area is 164 Å². The first-order valence-electron chi connectivity index (χ1n) is 8.07. The van der Waals surface area contributed by atoms with Crippen molar-refractivity contribution in [1.29, 1.82) is 0 Å². The van der Waals surface area contributed by atoms with E-state index in [4.69, 9.17) is 12.2 Å². The molecular formula is C17H18BrFN6S. The molecule has 0 aliphatic heterocycles. The van der Waals surface area contributed by atoms with Gasteiger partial charge in [-0.1, -0.05) is 12.1 Å². The van der Waals surface area contributed by atoms with Crippen LogP contribution in [0.25, 0.3) is 0 Å². The summed E-state index contributed by atoms with van der Waals surface area (Å²) in [4.78, 5) is 0. The van der Waals surface area contributed by atoms with Crippen LogP contribution in [0, 0.1) is 5.82 Å². The van der Waals surface area contributed by atoms with Gasteiger partial charge in [0.15, 0.2) is 10.9 Å². The van der Waals surface area contributed by atoms with Crippen molar-refractivity contribution in [3.8, 4) is 0 Å². The third-order valence-corrected chi connectivity index (χ3v) is 4.50. The summed E-state index contributed by atoms with van der Waals surface area (Å²) in [6.45, 7) is 3.99. The molecule has 2 aromatic heterocycles. The molecule has 2 N–H and O–H groups in total. The van der Waals surface area contributed by atoms with Gasteiger partial charge < -0.3 is 10.6 Å². The summed E-state index contributed by atoms with van der Waals surface area (Å²) in [5.41, 5.74) is 2.01. The fourth-order valence-electron chi connectivity index (χ4n) is 2.34. The largest absolute Gasteiger partial charge is 0.358 e. The summed E-state index contributed by atoms with van der Waals surface area (Å²) < 4.78 is 17.4. The second kappa shape index (κ2) is 8.41. The van der Waals surface area contributed by atoms with E-state index in [-0.39, 0.29) is 5.82 Å². The van der Waals surface area contributed by atoms with Gasteiger partial charge in [0.1, 0.15) is 5.82 Å². The minimum atomic E-state index is -0.251.